The van der Waals surface area contributed by atoms with Crippen LogP contribution >= 0.6 is 0 Å². The first-order valence-electron chi connectivity index (χ1n) is 8.89. The average Bonchev–Trinajstić information content (AvgIpc) is 2.60. The Morgan fingerprint density at radius 1 is 0.920 bits per heavy atom. The van der Waals surface area contributed by atoms with Crippen LogP contribution in [0.15, 0.2) is 60.7 Å². The lowest BCUT2D eigenvalue weighted by Gasteiger charge is -2.45. The topological polar surface area (TPSA) is 43.8 Å². The van der Waals surface area contributed by atoms with Crippen LogP contribution in [0.25, 0.3) is 0 Å². The first-order chi connectivity index (χ1) is 12.1. The van der Waals surface area contributed by atoms with Crippen LogP contribution in [-0.4, -0.2) is 46.0 Å². The van der Waals surface area contributed by atoms with Crippen molar-refractivity contribution in [2.75, 3.05) is 13.1 Å². The Morgan fingerprint density at radius 3 is 1.96 bits per heavy atom. The van der Waals surface area contributed by atoms with E-state index in [1.807, 2.05) is 24.3 Å². The Kier molecular flexibility index (Phi) is 5.84. The Hall–Kier alpha value is -2.17. The fraction of sp³-hybridized carbons (Fsp3) is 0.381. The van der Waals surface area contributed by atoms with E-state index in [1.54, 1.807) is 0 Å². The van der Waals surface area contributed by atoms with Crippen molar-refractivity contribution in [1.82, 2.24) is 9.80 Å². The molecule has 1 saturated heterocycles. The van der Waals surface area contributed by atoms with Crippen LogP contribution in [0.3, 0.4) is 0 Å². The zero-order chi connectivity index (χ0) is 17.6. The number of nitrogens with zero attached hydrogens (tertiary/aromatic N) is 2. The summed E-state index contributed by atoms with van der Waals surface area (Å²) < 4.78 is 0. The third kappa shape index (κ3) is 4.91. The molecule has 0 spiro atoms. The standard InChI is InChI=1S/C21H26N2O2/c1-17-13-23(15-19-10-6-3-7-11-19)20(12-21(24)25)16-22(17)14-18-8-4-2-5-9-18/h2-11,17,20H,12-16H2,1H3,(H,24,25). The van der Waals surface area contributed by atoms with Crippen LogP contribution in [0.4, 0.5) is 0 Å². The van der Waals surface area contributed by atoms with Crippen LogP contribution in [0.5, 0.6) is 0 Å². The summed E-state index contributed by atoms with van der Waals surface area (Å²) in [6, 6.07) is 21.2. The van der Waals surface area contributed by atoms with Crippen LogP contribution in [0.1, 0.15) is 24.5 Å². The first-order valence-corrected chi connectivity index (χ1v) is 8.89. The van der Waals surface area contributed by atoms with E-state index in [4.69, 9.17) is 0 Å². The fourth-order valence-corrected chi connectivity index (χ4v) is 3.62. The van der Waals surface area contributed by atoms with Gasteiger partial charge in [0.1, 0.15) is 0 Å². The zero-order valence-electron chi connectivity index (χ0n) is 14.7. The van der Waals surface area contributed by atoms with Crippen molar-refractivity contribution >= 4 is 5.97 Å². The molecule has 1 heterocycles. The van der Waals surface area contributed by atoms with Gasteiger partial charge in [0.2, 0.25) is 0 Å². The molecular formula is C21H26N2O2. The third-order valence-electron chi connectivity index (χ3n) is 4.95. The van der Waals surface area contributed by atoms with Crippen molar-refractivity contribution in [2.24, 2.45) is 0 Å². The number of piperazine rings is 1. The predicted octanol–water partition coefficient (Wildman–Crippen LogP) is 3.24. The van der Waals surface area contributed by atoms with E-state index < -0.39 is 5.97 Å². The molecule has 2 unspecified atom stereocenters. The van der Waals surface area contributed by atoms with Crippen molar-refractivity contribution in [3.05, 3.63) is 71.8 Å². The minimum absolute atomic E-state index is 0.0395. The van der Waals surface area contributed by atoms with Gasteiger partial charge in [-0.1, -0.05) is 60.7 Å². The van der Waals surface area contributed by atoms with Crippen molar-refractivity contribution < 1.29 is 9.90 Å². The molecular weight excluding hydrogens is 312 g/mol. The number of hydrogen-bond acceptors (Lipinski definition) is 3. The number of benzene rings is 2. The summed E-state index contributed by atoms with van der Waals surface area (Å²) in [7, 11) is 0. The zero-order valence-corrected chi connectivity index (χ0v) is 14.7. The number of carbonyl (C=O) groups is 1. The van der Waals surface area contributed by atoms with Gasteiger partial charge in [-0.15, -0.1) is 0 Å². The number of aliphatic carboxylic acids is 1. The lowest BCUT2D eigenvalue weighted by Crippen LogP contribution is -2.57. The van der Waals surface area contributed by atoms with Gasteiger partial charge in [0.25, 0.3) is 0 Å². The second-order valence-electron chi connectivity index (χ2n) is 6.93. The van der Waals surface area contributed by atoms with Crippen molar-refractivity contribution in [3.63, 3.8) is 0 Å². The van der Waals surface area contributed by atoms with Gasteiger partial charge >= 0.3 is 5.97 Å². The van der Waals surface area contributed by atoms with Gasteiger partial charge in [-0.05, 0) is 18.1 Å². The molecule has 0 aliphatic carbocycles. The van der Waals surface area contributed by atoms with E-state index >= 15 is 0 Å². The molecule has 132 valence electrons. The van der Waals surface area contributed by atoms with Gasteiger partial charge in [-0.2, -0.15) is 0 Å². The lowest BCUT2D eigenvalue weighted by molar-refractivity contribution is -0.139. The molecule has 4 nitrogen and oxygen atoms in total. The SMILES string of the molecule is CC1CN(Cc2ccccc2)C(CC(=O)O)CN1Cc1ccccc1. The lowest BCUT2D eigenvalue weighted by atomic mass is 10.0. The van der Waals surface area contributed by atoms with Crippen LogP contribution in [0.2, 0.25) is 0 Å². The normalized spacial score (nSPS) is 22.0. The van der Waals surface area contributed by atoms with Crippen LogP contribution in [0, 0.1) is 0 Å². The molecule has 0 saturated carbocycles. The average molecular weight is 338 g/mol. The van der Waals surface area contributed by atoms with Crippen molar-refractivity contribution in [2.45, 2.75) is 38.5 Å². The molecule has 0 aromatic heterocycles. The summed E-state index contributed by atoms with van der Waals surface area (Å²) >= 11 is 0. The predicted molar refractivity (Wildman–Crippen MR) is 99.2 cm³/mol. The maximum atomic E-state index is 11.4. The summed E-state index contributed by atoms with van der Waals surface area (Å²) in [5.41, 5.74) is 2.52. The number of carboxylic acid groups (broad SMARTS) is 1. The summed E-state index contributed by atoms with van der Waals surface area (Å²) in [6.07, 6.45) is 0.185. The Bertz CT molecular complexity index is 675. The third-order valence-corrected chi connectivity index (χ3v) is 4.95. The molecule has 2 atom stereocenters. The molecule has 4 heteroatoms. The summed E-state index contributed by atoms with van der Waals surface area (Å²) in [5, 5.41) is 9.35. The van der Waals surface area contributed by atoms with E-state index in [0.29, 0.717) is 6.04 Å². The second kappa shape index (κ2) is 8.28. The molecule has 0 amide bonds. The number of carboxylic acids is 1. The van der Waals surface area contributed by atoms with Gasteiger partial charge in [0, 0.05) is 38.3 Å². The number of hydrogen-bond donors (Lipinski definition) is 1. The molecule has 1 N–H and O–H groups in total. The maximum absolute atomic E-state index is 11.4. The van der Waals surface area contributed by atoms with Gasteiger partial charge in [-0.25, -0.2) is 0 Å². The molecule has 0 radical (unpaired) electrons. The van der Waals surface area contributed by atoms with Crippen molar-refractivity contribution in [3.8, 4) is 0 Å². The monoisotopic (exact) mass is 338 g/mol. The highest BCUT2D eigenvalue weighted by Gasteiger charge is 2.32. The molecule has 2 aromatic carbocycles. The van der Waals surface area contributed by atoms with E-state index in [-0.39, 0.29) is 12.5 Å². The first kappa shape index (κ1) is 17.6. The second-order valence-corrected chi connectivity index (χ2v) is 6.93. The molecule has 0 bridgehead atoms. The van der Waals surface area contributed by atoms with E-state index in [0.717, 1.165) is 26.2 Å². The Balaban J connectivity index is 1.71. The van der Waals surface area contributed by atoms with Crippen LogP contribution < -0.4 is 0 Å². The molecule has 1 fully saturated rings. The van der Waals surface area contributed by atoms with Gasteiger partial charge < -0.3 is 5.11 Å². The molecule has 1 aliphatic heterocycles. The molecule has 3 rings (SSSR count). The summed E-state index contributed by atoms with van der Waals surface area (Å²) in [5.74, 6) is -0.725. The molecule has 25 heavy (non-hydrogen) atoms. The Morgan fingerprint density at radius 2 is 1.44 bits per heavy atom. The fourth-order valence-electron chi connectivity index (χ4n) is 3.62. The Labute approximate surface area is 149 Å². The van der Waals surface area contributed by atoms with Crippen molar-refractivity contribution in [1.29, 1.82) is 0 Å². The quantitative estimate of drug-likeness (QED) is 0.878. The van der Waals surface area contributed by atoms with Gasteiger partial charge in [0.15, 0.2) is 0 Å². The van der Waals surface area contributed by atoms with E-state index in [9.17, 15) is 9.90 Å². The van der Waals surface area contributed by atoms with Crippen LogP contribution in [-0.2, 0) is 17.9 Å². The summed E-state index contributed by atoms with van der Waals surface area (Å²) in [6.45, 7) is 5.59. The molecule has 2 aromatic rings. The summed E-state index contributed by atoms with van der Waals surface area (Å²) in [4.78, 5) is 16.1. The van der Waals surface area contributed by atoms with E-state index in [2.05, 4.69) is 53.1 Å². The molecule has 1 aliphatic rings. The highest BCUT2D eigenvalue weighted by molar-refractivity contribution is 5.67. The smallest absolute Gasteiger partial charge is 0.304 e. The highest BCUT2D eigenvalue weighted by Crippen LogP contribution is 2.22. The van der Waals surface area contributed by atoms with Gasteiger partial charge in [0.05, 0.1) is 6.42 Å². The largest absolute Gasteiger partial charge is 0.481 e. The van der Waals surface area contributed by atoms with Gasteiger partial charge in [-0.3, -0.25) is 14.6 Å². The maximum Gasteiger partial charge on any atom is 0.304 e. The minimum atomic E-state index is -0.725. The highest BCUT2D eigenvalue weighted by atomic mass is 16.4. The van der Waals surface area contributed by atoms with E-state index in [1.165, 1.54) is 11.1 Å². The number of rotatable bonds is 6. The minimum Gasteiger partial charge on any atom is -0.481 e.